The van der Waals surface area contributed by atoms with E-state index in [-0.39, 0.29) is 18.8 Å². The lowest BCUT2D eigenvalue weighted by Gasteiger charge is -2.15. The Morgan fingerprint density at radius 1 is 1.12 bits per heavy atom. The van der Waals surface area contributed by atoms with E-state index in [1.165, 1.54) is 12.1 Å². The van der Waals surface area contributed by atoms with Crippen molar-refractivity contribution >= 4 is 51.2 Å². The molecule has 0 bridgehead atoms. The van der Waals surface area contributed by atoms with E-state index < -0.39 is 27.8 Å². The molecular weight excluding hydrogens is 551 g/mol. The molecule has 10 nitrogen and oxygen atoms in total. The number of aromatic hydroxyl groups is 1. The zero-order chi connectivity index (χ0) is 24.7. The Hall–Kier alpha value is -3.16. The van der Waals surface area contributed by atoms with E-state index in [9.17, 15) is 19.5 Å². The molecule has 34 heavy (non-hydrogen) atoms. The molecule has 0 aliphatic heterocycles. The predicted octanol–water partition coefficient (Wildman–Crippen LogP) is 0.844. The molecule has 3 amide bonds. The lowest BCUT2D eigenvalue weighted by molar-refractivity contribution is -0.133. The Bertz CT molecular complexity index is 1160. The van der Waals surface area contributed by atoms with E-state index in [0.717, 1.165) is 22.0 Å². The number of rotatable bonds is 10. The van der Waals surface area contributed by atoms with Crippen molar-refractivity contribution in [1.29, 1.82) is 0 Å². The van der Waals surface area contributed by atoms with Gasteiger partial charge in [-0.1, -0.05) is 12.1 Å². The first-order chi connectivity index (χ1) is 16.3. The van der Waals surface area contributed by atoms with Crippen LogP contribution in [0.15, 0.2) is 48.7 Å². The Kier molecular flexibility index (Phi) is 8.85. The minimum atomic E-state index is -0.998. The van der Waals surface area contributed by atoms with Crippen molar-refractivity contribution in [3.63, 3.8) is 0 Å². The third kappa shape index (κ3) is 6.92. The fourth-order valence-corrected chi connectivity index (χ4v) is 3.77. The van der Waals surface area contributed by atoms with E-state index in [4.69, 9.17) is 16.2 Å². The number of phenolic OH excluding ortho intramolecular Hbond substituents is 1. The van der Waals surface area contributed by atoms with Gasteiger partial charge in [0.2, 0.25) is 5.91 Å². The number of carbonyl (C=O) groups excluding carboxylic acids is 3. The van der Waals surface area contributed by atoms with Gasteiger partial charge < -0.3 is 31.6 Å². The minimum absolute atomic E-state index is 0.103. The number of halogens is 1. The Balaban J connectivity index is 1.46. The molecule has 0 spiro atoms. The molecule has 0 aliphatic carbocycles. The molecule has 1 heterocycles. The quantitative estimate of drug-likeness (QED) is 0.118. The highest BCUT2D eigenvalue weighted by atomic mass is 125. The van der Waals surface area contributed by atoms with Crippen LogP contribution in [0.2, 0.25) is 0 Å². The molecule has 2 aromatic carbocycles. The van der Waals surface area contributed by atoms with E-state index in [0.29, 0.717) is 18.7 Å². The summed E-state index contributed by atoms with van der Waals surface area (Å²) in [7, 11) is 0. The summed E-state index contributed by atoms with van der Waals surface area (Å²) in [6, 6.07) is 10.7. The fourth-order valence-electron chi connectivity index (χ4n) is 3.26. The van der Waals surface area contributed by atoms with Crippen LogP contribution in [0.5, 0.6) is 11.5 Å². The molecule has 0 radical (unpaired) electrons. The maximum Gasteiger partial charge on any atom is 0.259 e. The number of phenols is 1. The predicted molar refractivity (Wildman–Crippen MR) is 135 cm³/mol. The van der Waals surface area contributed by atoms with E-state index in [2.05, 4.69) is 15.6 Å². The largest absolute Gasteiger partial charge is 0.508 e. The first kappa shape index (κ1) is 25.5. The van der Waals surface area contributed by atoms with Gasteiger partial charge in [-0.15, -0.1) is 0 Å². The maximum absolute atomic E-state index is 12.3. The summed E-state index contributed by atoms with van der Waals surface area (Å²) in [5.41, 5.74) is 14.2. The van der Waals surface area contributed by atoms with Gasteiger partial charge in [-0.05, 0) is 83.4 Å². The van der Waals surface area contributed by atoms with Crippen LogP contribution in [-0.4, -0.2) is 51.1 Å². The first-order valence-electron chi connectivity index (χ1n) is 10.5. The van der Waals surface area contributed by atoms with Crippen molar-refractivity contribution < 1.29 is 24.2 Å². The molecule has 0 saturated carbocycles. The molecule has 11 heteroatoms. The van der Waals surface area contributed by atoms with Crippen LogP contribution in [0.3, 0.4) is 0 Å². The highest BCUT2D eigenvalue weighted by Crippen LogP contribution is 2.24. The molecule has 2 atom stereocenters. The number of H-pyrrole nitrogens is 1. The zero-order valence-electron chi connectivity index (χ0n) is 18.2. The Morgan fingerprint density at radius 2 is 1.85 bits per heavy atom. The Morgan fingerprint density at radius 3 is 2.56 bits per heavy atom. The summed E-state index contributed by atoms with van der Waals surface area (Å²) in [6.45, 7) is 0.215. The number of ether oxygens (including phenoxy) is 1. The molecule has 8 N–H and O–H groups in total. The van der Waals surface area contributed by atoms with Crippen molar-refractivity contribution in [2.45, 2.75) is 22.9 Å². The number of hydrogen-bond donors (Lipinski definition) is 6. The highest BCUT2D eigenvalue weighted by molar-refractivity contribution is 14.1. The van der Waals surface area contributed by atoms with Gasteiger partial charge in [-0.2, -0.15) is 0 Å². The standard InChI is InChI=1S/C23H26IN5O5/c24-21(23(33)29-22(32)18(26)9-13-1-3-15(30)4-2-13)28-20(31)12-34-16-5-6-19-17(10-16)14(7-8-25)11-27-19/h1-6,10-11,18,21,27,30H,7-9,12,25-26H2,(H,28,31)(H,29,32,33)/t18-,21+/m0/s1/i24-2. The van der Waals surface area contributed by atoms with Crippen LogP contribution in [0.1, 0.15) is 11.1 Å². The number of imide groups is 1. The average Bonchev–Trinajstić information content (AvgIpc) is 3.21. The van der Waals surface area contributed by atoms with Gasteiger partial charge in [0.05, 0.1) is 6.04 Å². The van der Waals surface area contributed by atoms with Gasteiger partial charge in [0.25, 0.3) is 11.8 Å². The molecule has 3 rings (SSSR count). The zero-order valence-corrected chi connectivity index (χ0v) is 20.4. The van der Waals surface area contributed by atoms with Gasteiger partial charge >= 0.3 is 0 Å². The molecule has 0 saturated heterocycles. The number of aromatic amines is 1. The van der Waals surface area contributed by atoms with Gasteiger partial charge in [-0.25, -0.2) is 0 Å². The van der Waals surface area contributed by atoms with Crippen LogP contribution < -0.4 is 26.8 Å². The van der Waals surface area contributed by atoms with Crippen molar-refractivity contribution in [3.05, 3.63) is 59.8 Å². The second-order valence-corrected chi connectivity index (χ2v) is 8.85. The van der Waals surface area contributed by atoms with Crippen LogP contribution in [0.25, 0.3) is 10.9 Å². The van der Waals surface area contributed by atoms with Crippen LogP contribution in [0.4, 0.5) is 0 Å². The van der Waals surface area contributed by atoms with Gasteiger partial charge in [0, 0.05) is 17.1 Å². The lowest BCUT2D eigenvalue weighted by atomic mass is 10.1. The monoisotopic (exact) mass is 577 g/mol. The second kappa shape index (κ2) is 11.8. The number of nitrogens with one attached hydrogen (secondary N) is 3. The fraction of sp³-hybridized carbons (Fsp3) is 0.261. The van der Waals surface area contributed by atoms with Gasteiger partial charge in [0.1, 0.15) is 11.5 Å². The number of amides is 3. The Labute approximate surface area is 209 Å². The van der Waals surface area contributed by atoms with Crippen LogP contribution in [-0.2, 0) is 27.2 Å². The number of alkyl halides is 1. The average molecular weight is 577 g/mol. The second-order valence-electron chi connectivity index (χ2n) is 7.61. The topological polar surface area (TPSA) is 173 Å². The van der Waals surface area contributed by atoms with E-state index in [1.54, 1.807) is 40.8 Å². The molecular formula is C23H26IN5O5. The number of aromatic nitrogens is 1. The number of benzene rings is 2. The van der Waals surface area contributed by atoms with Crippen molar-refractivity contribution in [2.24, 2.45) is 11.5 Å². The molecule has 0 unspecified atom stereocenters. The van der Waals surface area contributed by atoms with Gasteiger partial charge in [-0.3, -0.25) is 19.7 Å². The minimum Gasteiger partial charge on any atom is -0.508 e. The summed E-state index contributed by atoms with van der Waals surface area (Å²) >= 11 is 1.71. The van der Waals surface area contributed by atoms with Crippen LogP contribution >= 0.6 is 22.6 Å². The molecule has 180 valence electrons. The normalized spacial score (nSPS) is 12.7. The molecule has 3 aromatic rings. The molecule has 1 aromatic heterocycles. The third-order valence-corrected chi connectivity index (χ3v) is 5.89. The van der Waals surface area contributed by atoms with Crippen molar-refractivity contribution in [1.82, 2.24) is 15.6 Å². The smallest absolute Gasteiger partial charge is 0.259 e. The number of hydrogen-bond acceptors (Lipinski definition) is 7. The number of carbonyl (C=O) groups is 3. The summed E-state index contributed by atoms with van der Waals surface area (Å²) in [6.07, 6.45) is 2.79. The van der Waals surface area contributed by atoms with Crippen molar-refractivity contribution in [2.75, 3.05) is 13.2 Å². The third-order valence-electron chi connectivity index (χ3n) is 5.02. The molecule has 0 aliphatic rings. The van der Waals surface area contributed by atoms with E-state index >= 15 is 0 Å². The van der Waals surface area contributed by atoms with Crippen LogP contribution in [0, 0.1) is 0 Å². The summed E-state index contributed by atoms with van der Waals surface area (Å²) in [5.74, 6) is -1.28. The number of fused-ring (bicyclic) bond motifs is 1. The summed E-state index contributed by atoms with van der Waals surface area (Å²) < 4.78 is 4.56. The first-order valence-corrected chi connectivity index (χ1v) is 11.8. The SMILES string of the molecule is NCCc1c[nH]c2ccc(OCC(=O)N[C@@H]([125I])C(=O)NC(=O)[C@@H](N)Cc3ccc(O)cc3)cc12. The summed E-state index contributed by atoms with van der Waals surface area (Å²) in [4.78, 5) is 39.9. The maximum atomic E-state index is 12.3. The summed E-state index contributed by atoms with van der Waals surface area (Å²) in [5, 5.41) is 15.0. The van der Waals surface area contributed by atoms with Crippen molar-refractivity contribution in [3.8, 4) is 11.5 Å². The highest BCUT2D eigenvalue weighted by Gasteiger charge is 2.23. The lowest BCUT2D eigenvalue weighted by Crippen LogP contribution is -2.51. The number of nitrogens with two attached hydrogens (primary N) is 2. The van der Waals surface area contributed by atoms with Gasteiger partial charge in [0.15, 0.2) is 10.7 Å². The molecule has 0 fully saturated rings. The van der Waals surface area contributed by atoms with E-state index in [1.807, 2.05) is 18.3 Å².